The van der Waals surface area contributed by atoms with Gasteiger partial charge in [-0.1, -0.05) is 30.3 Å². The maximum absolute atomic E-state index is 12.4. The first kappa shape index (κ1) is 21.7. The van der Waals surface area contributed by atoms with E-state index in [4.69, 9.17) is 16.3 Å². The number of hydrogen-bond acceptors (Lipinski definition) is 3. The number of anilines is 1. The molecule has 0 saturated heterocycles. The molecule has 0 fully saturated rings. The predicted molar refractivity (Wildman–Crippen MR) is 126 cm³/mol. The molecule has 0 heterocycles. The number of nitrogens with zero attached hydrogens (tertiary/aromatic N) is 1. The van der Waals surface area contributed by atoms with Crippen LogP contribution in [0.4, 0.5) is 5.69 Å². The standard InChI is InChI=1S/C20H15ClI2N2O2/c1-3-6-27-19-17(22)8-13(9-18(19)23)7-14(11-24)20(26)25-15-5-4-12(2)16(21)10-15/h3-5,7-10H,1,6H2,2H3,(H,25,26)/b14-7-. The lowest BCUT2D eigenvalue weighted by Gasteiger charge is -2.10. The summed E-state index contributed by atoms with van der Waals surface area (Å²) in [6, 6.07) is 10.9. The van der Waals surface area contributed by atoms with Crippen molar-refractivity contribution < 1.29 is 9.53 Å². The van der Waals surface area contributed by atoms with E-state index in [9.17, 15) is 10.1 Å². The third-order valence-electron chi connectivity index (χ3n) is 3.47. The first-order valence-corrected chi connectivity index (χ1v) is 10.3. The third-order valence-corrected chi connectivity index (χ3v) is 5.48. The number of halogens is 3. The molecule has 7 heteroatoms. The predicted octanol–water partition coefficient (Wildman–Crippen LogP) is 5.97. The van der Waals surface area contributed by atoms with Gasteiger partial charge in [0, 0.05) is 10.7 Å². The lowest BCUT2D eigenvalue weighted by atomic mass is 10.1. The van der Waals surface area contributed by atoms with Crippen LogP contribution in [0.25, 0.3) is 6.08 Å². The quantitative estimate of drug-likeness (QED) is 0.191. The maximum atomic E-state index is 12.4. The van der Waals surface area contributed by atoms with Crippen molar-refractivity contribution in [3.8, 4) is 11.8 Å². The van der Waals surface area contributed by atoms with Crippen molar-refractivity contribution in [1.29, 1.82) is 5.26 Å². The number of nitriles is 1. The molecule has 2 rings (SSSR count). The second kappa shape index (κ2) is 10.1. The second-order valence-corrected chi connectivity index (χ2v) is 8.23. The number of carbonyl (C=O) groups excluding carboxylic acids is 1. The molecule has 1 N–H and O–H groups in total. The van der Waals surface area contributed by atoms with Gasteiger partial charge in [0.2, 0.25) is 0 Å². The number of carbonyl (C=O) groups is 1. The molecule has 0 atom stereocenters. The monoisotopic (exact) mass is 604 g/mol. The van der Waals surface area contributed by atoms with Crippen molar-refractivity contribution >= 4 is 74.5 Å². The largest absolute Gasteiger partial charge is 0.487 e. The lowest BCUT2D eigenvalue weighted by Crippen LogP contribution is -2.13. The Balaban J connectivity index is 2.26. The Morgan fingerprint density at radius 3 is 2.56 bits per heavy atom. The zero-order valence-corrected chi connectivity index (χ0v) is 19.4. The highest BCUT2D eigenvalue weighted by Crippen LogP contribution is 2.30. The molecule has 0 aliphatic carbocycles. The molecule has 0 unspecified atom stereocenters. The van der Waals surface area contributed by atoms with Crippen LogP contribution in [-0.4, -0.2) is 12.5 Å². The van der Waals surface area contributed by atoms with Gasteiger partial charge in [-0.05, 0) is 93.6 Å². The Morgan fingerprint density at radius 1 is 1.33 bits per heavy atom. The number of benzene rings is 2. The van der Waals surface area contributed by atoms with Crippen LogP contribution in [0.1, 0.15) is 11.1 Å². The summed E-state index contributed by atoms with van der Waals surface area (Å²) < 4.78 is 7.41. The van der Waals surface area contributed by atoms with E-state index in [-0.39, 0.29) is 5.57 Å². The fraction of sp³-hybridized carbons (Fsp3) is 0.100. The molecule has 0 aliphatic rings. The van der Waals surface area contributed by atoms with Crippen molar-refractivity contribution in [2.45, 2.75) is 6.92 Å². The maximum Gasteiger partial charge on any atom is 0.266 e. The van der Waals surface area contributed by atoms with Crippen LogP contribution in [0.3, 0.4) is 0 Å². The van der Waals surface area contributed by atoms with E-state index in [1.807, 2.05) is 25.1 Å². The first-order valence-electron chi connectivity index (χ1n) is 7.77. The Labute approximate surface area is 190 Å². The highest BCUT2D eigenvalue weighted by atomic mass is 127. The van der Waals surface area contributed by atoms with Crippen LogP contribution in [0.5, 0.6) is 5.75 Å². The van der Waals surface area contributed by atoms with Crippen LogP contribution in [0, 0.1) is 25.4 Å². The molecule has 2 aromatic rings. The van der Waals surface area contributed by atoms with Crippen molar-refractivity contribution in [3.63, 3.8) is 0 Å². The summed E-state index contributed by atoms with van der Waals surface area (Å²) >= 11 is 10.4. The normalized spacial score (nSPS) is 10.9. The molecule has 0 bridgehead atoms. The van der Waals surface area contributed by atoms with Gasteiger partial charge in [-0.15, -0.1) is 0 Å². The highest BCUT2D eigenvalue weighted by molar-refractivity contribution is 14.1. The summed E-state index contributed by atoms with van der Waals surface area (Å²) in [5.41, 5.74) is 2.18. The van der Waals surface area contributed by atoms with Crippen LogP contribution < -0.4 is 10.1 Å². The van der Waals surface area contributed by atoms with Crippen LogP contribution >= 0.6 is 56.8 Å². The van der Waals surface area contributed by atoms with Crippen molar-refractivity contribution in [2.24, 2.45) is 0 Å². The second-order valence-electron chi connectivity index (χ2n) is 5.50. The molecule has 1 amide bonds. The minimum atomic E-state index is -0.491. The number of amides is 1. The molecule has 0 aromatic heterocycles. The average Bonchev–Trinajstić information content (AvgIpc) is 2.62. The molecule has 27 heavy (non-hydrogen) atoms. The Morgan fingerprint density at radius 2 is 2.00 bits per heavy atom. The Hall–Kier alpha value is -1.57. The van der Waals surface area contributed by atoms with Crippen LogP contribution in [-0.2, 0) is 4.79 Å². The summed E-state index contributed by atoms with van der Waals surface area (Å²) in [5.74, 6) is 0.264. The van der Waals surface area contributed by atoms with E-state index >= 15 is 0 Å². The summed E-state index contributed by atoms with van der Waals surface area (Å²) in [7, 11) is 0. The minimum Gasteiger partial charge on any atom is -0.487 e. The Kier molecular flexibility index (Phi) is 8.13. The average molecular weight is 605 g/mol. The van der Waals surface area contributed by atoms with Crippen molar-refractivity contribution in [1.82, 2.24) is 0 Å². The van der Waals surface area contributed by atoms with Gasteiger partial charge in [0.25, 0.3) is 5.91 Å². The number of hydrogen-bond donors (Lipinski definition) is 1. The van der Waals surface area contributed by atoms with Gasteiger partial charge in [0.15, 0.2) is 0 Å². The van der Waals surface area contributed by atoms with Gasteiger partial charge in [0.1, 0.15) is 24.0 Å². The molecule has 0 radical (unpaired) electrons. The van der Waals surface area contributed by atoms with E-state index in [2.05, 4.69) is 57.1 Å². The van der Waals surface area contributed by atoms with Gasteiger partial charge < -0.3 is 10.1 Å². The van der Waals surface area contributed by atoms with Crippen molar-refractivity contribution in [3.05, 3.63) is 71.8 Å². The summed E-state index contributed by atoms with van der Waals surface area (Å²) in [6.45, 7) is 5.92. The van der Waals surface area contributed by atoms with E-state index in [1.54, 1.807) is 30.4 Å². The molecular weight excluding hydrogens is 589 g/mol. The molecule has 0 spiro atoms. The smallest absolute Gasteiger partial charge is 0.266 e. The molecule has 138 valence electrons. The molecule has 4 nitrogen and oxygen atoms in total. The van der Waals surface area contributed by atoms with E-state index in [1.165, 1.54) is 0 Å². The fourth-order valence-corrected chi connectivity index (χ4v) is 4.44. The fourth-order valence-electron chi connectivity index (χ4n) is 2.13. The molecule has 2 aromatic carbocycles. The van der Waals surface area contributed by atoms with Crippen LogP contribution in [0.15, 0.2) is 48.6 Å². The van der Waals surface area contributed by atoms with Gasteiger partial charge in [-0.25, -0.2) is 0 Å². The molecular formula is C20H15ClI2N2O2. The number of ether oxygens (including phenoxy) is 1. The van der Waals surface area contributed by atoms with Gasteiger partial charge >= 0.3 is 0 Å². The number of rotatable bonds is 6. The topological polar surface area (TPSA) is 62.1 Å². The van der Waals surface area contributed by atoms with Crippen LogP contribution in [0.2, 0.25) is 5.02 Å². The summed E-state index contributed by atoms with van der Waals surface area (Å²) in [6.07, 6.45) is 3.22. The molecule has 0 aliphatic heterocycles. The van der Waals surface area contributed by atoms with Gasteiger partial charge in [0.05, 0.1) is 7.14 Å². The van der Waals surface area contributed by atoms with Gasteiger partial charge in [-0.2, -0.15) is 5.26 Å². The van der Waals surface area contributed by atoms with Gasteiger partial charge in [-0.3, -0.25) is 4.79 Å². The first-order chi connectivity index (χ1) is 12.8. The van der Waals surface area contributed by atoms with E-state index < -0.39 is 5.91 Å². The minimum absolute atomic E-state index is 0.00180. The highest BCUT2D eigenvalue weighted by Gasteiger charge is 2.13. The zero-order chi connectivity index (χ0) is 20.0. The lowest BCUT2D eigenvalue weighted by molar-refractivity contribution is -0.112. The van der Waals surface area contributed by atoms with Crippen molar-refractivity contribution in [2.75, 3.05) is 11.9 Å². The molecule has 0 saturated carbocycles. The third kappa shape index (κ3) is 5.96. The SMILES string of the molecule is C=CCOc1c(I)cc(/C=C(/C#N)C(=O)Nc2ccc(C)c(Cl)c2)cc1I. The van der Waals surface area contributed by atoms with E-state index in [0.717, 1.165) is 24.0 Å². The zero-order valence-electron chi connectivity index (χ0n) is 14.4. The number of aryl methyl sites for hydroxylation is 1. The number of nitrogens with one attached hydrogen (secondary N) is 1. The Bertz CT molecular complexity index is 942. The summed E-state index contributed by atoms with van der Waals surface area (Å²) in [5, 5.41) is 12.6. The summed E-state index contributed by atoms with van der Waals surface area (Å²) in [4.78, 5) is 12.4. The van der Waals surface area contributed by atoms with E-state index in [0.29, 0.717) is 17.3 Å².